The molecule has 88 valence electrons. The lowest BCUT2D eigenvalue weighted by Gasteiger charge is -2.24. The highest BCUT2D eigenvalue weighted by Gasteiger charge is 2.30. The standard InChI is InChI=1S/C11H17ClN4/c1-2-3-6-16(8-4-5-8)10-9(12)7-14-11(13)15-10/h7-8H,2-6H2,1H3,(H2,13,14,15). The molecule has 0 amide bonds. The predicted molar refractivity (Wildman–Crippen MR) is 66.7 cm³/mol. The van der Waals surface area contributed by atoms with Gasteiger partial charge in [-0.3, -0.25) is 0 Å². The summed E-state index contributed by atoms with van der Waals surface area (Å²) in [7, 11) is 0. The Balaban J connectivity index is 2.19. The molecular weight excluding hydrogens is 224 g/mol. The zero-order valence-corrected chi connectivity index (χ0v) is 10.2. The smallest absolute Gasteiger partial charge is 0.222 e. The fraction of sp³-hybridized carbons (Fsp3) is 0.636. The van der Waals surface area contributed by atoms with E-state index in [-0.39, 0.29) is 0 Å². The molecule has 0 aliphatic heterocycles. The number of hydrogen-bond acceptors (Lipinski definition) is 4. The second-order valence-electron chi connectivity index (χ2n) is 4.18. The fourth-order valence-electron chi connectivity index (χ4n) is 1.75. The number of nitrogens with two attached hydrogens (primary N) is 1. The van der Waals surface area contributed by atoms with Gasteiger partial charge in [0.05, 0.1) is 6.20 Å². The zero-order chi connectivity index (χ0) is 11.5. The van der Waals surface area contributed by atoms with Crippen LogP contribution in [0.4, 0.5) is 11.8 Å². The van der Waals surface area contributed by atoms with Gasteiger partial charge in [-0.1, -0.05) is 24.9 Å². The molecular formula is C11H17ClN4. The molecule has 1 aliphatic carbocycles. The summed E-state index contributed by atoms with van der Waals surface area (Å²) in [5.74, 6) is 1.09. The summed E-state index contributed by atoms with van der Waals surface area (Å²) in [4.78, 5) is 10.4. The van der Waals surface area contributed by atoms with E-state index < -0.39 is 0 Å². The molecule has 0 bridgehead atoms. The maximum Gasteiger partial charge on any atom is 0.222 e. The normalized spacial score (nSPS) is 15.1. The molecule has 2 rings (SSSR count). The first-order valence-electron chi connectivity index (χ1n) is 5.77. The summed E-state index contributed by atoms with van der Waals surface area (Å²) in [5, 5.41) is 0.595. The van der Waals surface area contributed by atoms with Crippen LogP contribution in [0.15, 0.2) is 6.20 Å². The Hall–Kier alpha value is -1.03. The molecule has 0 spiro atoms. The van der Waals surface area contributed by atoms with Crippen molar-refractivity contribution in [2.24, 2.45) is 0 Å². The van der Waals surface area contributed by atoms with E-state index in [2.05, 4.69) is 21.8 Å². The SMILES string of the molecule is CCCCN(c1nc(N)ncc1Cl)C1CC1. The van der Waals surface area contributed by atoms with Crippen LogP contribution in [-0.4, -0.2) is 22.6 Å². The third-order valence-corrected chi connectivity index (χ3v) is 3.02. The second kappa shape index (κ2) is 4.87. The summed E-state index contributed by atoms with van der Waals surface area (Å²) in [6.45, 7) is 3.18. The number of aromatic nitrogens is 2. The monoisotopic (exact) mass is 240 g/mol. The maximum absolute atomic E-state index is 6.12. The van der Waals surface area contributed by atoms with Gasteiger partial charge in [-0.2, -0.15) is 4.98 Å². The van der Waals surface area contributed by atoms with Crippen molar-refractivity contribution in [3.05, 3.63) is 11.2 Å². The zero-order valence-electron chi connectivity index (χ0n) is 9.49. The number of halogens is 1. The number of rotatable bonds is 5. The minimum Gasteiger partial charge on any atom is -0.368 e. The molecule has 1 aromatic rings. The third kappa shape index (κ3) is 2.55. The Labute approximate surface area is 101 Å². The van der Waals surface area contributed by atoms with E-state index in [0.29, 0.717) is 17.0 Å². The summed E-state index contributed by atoms with van der Waals surface area (Å²) in [6, 6.07) is 0.596. The molecule has 1 aliphatic rings. The first kappa shape index (κ1) is 11.5. The summed E-state index contributed by atoms with van der Waals surface area (Å²) >= 11 is 6.12. The van der Waals surface area contributed by atoms with E-state index in [4.69, 9.17) is 17.3 Å². The van der Waals surface area contributed by atoms with Crippen molar-refractivity contribution < 1.29 is 0 Å². The number of anilines is 2. The van der Waals surface area contributed by atoms with Crippen LogP contribution < -0.4 is 10.6 Å². The van der Waals surface area contributed by atoms with Crippen molar-refractivity contribution in [3.63, 3.8) is 0 Å². The summed E-state index contributed by atoms with van der Waals surface area (Å²) in [5.41, 5.74) is 5.61. The molecule has 5 heteroatoms. The van der Waals surface area contributed by atoms with Gasteiger partial charge in [-0.15, -0.1) is 0 Å². The fourth-order valence-corrected chi connectivity index (χ4v) is 1.95. The first-order valence-corrected chi connectivity index (χ1v) is 6.14. The van der Waals surface area contributed by atoms with E-state index in [9.17, 15) is 0 Å². The Morgan fingerprint density at radius 1 is 1.56 bits per heavy atom. The summed E-state index contributed by atoms with van der Waals surface area (Å²) in [6.07, 6.45) is 6.35. The largest absolute Gasteiger partial charge is 0.368 e. The van der Waals surface area contributed by atoms with Crippen molar-refractivity contribution in [3.8, 4) is 0 Å². The van der Waals surface area contributed by atoms with E-state index in [1.165, 1.54) is 19.3 Å². The Kier molecular flexibility index (Phi) is 3.49. The summed E-state index contributed by atoms with van der Waals surface area (Å²) < 4.78 is 0. The molecule has 0 atom stereocenters. The van der Waals surface area contributed by atoms with Gasteiger partial charge in [-0.05, 0) is 19.3 Å². The molecule has 4 nitrogen and oxygen atoms in total. The molecule has 1 saturated carbocycles. The molecule has 0 radical (unpaired) electrons. The molecule has 1 aromatic heterocycles. The second-order valence-corrected chi connectivity index (χ2v) is 4.59. The molecule has 0 unspecified atom stereocenters. The van der Waals surface area contributed by atoms with E-state index >= 15 is 0 Å². The molecule has 1 heterocycles. The van der Waals surface area contributed by atoms with E-state index in [0.717, 1.165) is 18.8 Å². The molecule has 0 aromatic carbocycles. The van der Waals surface area contributed by atoms with Crippen LogP contribution in [0, 0.1) is 0 Å². The minimum atomic E-state index is 0.293. The topological polar surface area (TPSA) is 55.0 Å². The Morgan fingerprint density at radius 2 is 2.31 bits per heavy atom. The van der Waals surface area contributed by atoms with Crippen LogP contribution in [0.25, 0.3) is 0 Å². The van der Waals surface area contributed by atoms with Gasteiger partial charge >= 0.3 is 0 Å². The highest BCUT2D eigenvalue weighted by Crippen LogP contribution is 2.34. The lowest BCUT2D eigenvalue weighted by atomic mass is 10.3. The van der Waals surface area contributed by atoms with Gasteiger partial charge in [0.2, 0.25) is 5.95 Å². The van der Waals surface area contributed by atoms with Gasteiger partial charge in [0.15, 0.2) is 5.82 Å². The van der Waals surface area contributed by atoms with Crippen molar-refractivity contribution in [1.29, 1.82) is 0 Å². The predicted octanol–water partition coefficient (Wildman–Crippen LogP) is 2.48. The minimum absolute atomic E-state index is 0.293. The number of unbranched alkanes of at least 4 members (excludes halogenated alkanes) is 1. The van der Waals surface area contributed by atoms with Gasteiger partial charge in [-0.25, -0.2) is 4.98 Å². The Bertz CT molecular complexity index is 365. The third-order valence-electron chi connectivity index (χ3n) is 2.76. The first-order chi connectivity index (χ1) is 7.72. The Morgan fingerprint density at radius 3 is 2.94 bits per heavy atom. The quantitative estimate of drug-likeness (QED) is 0.859. The van der Waals surface area contributed by atoms with Gasteiger partial charge in [0.1, 0.15) is 5.02 Å². The molecule has 0 saturated heterocycles. The number of hydrogen-bond donors (Lipinski definition) is 1. The molecule has 16 heavy (non-hydrogen) atoms. The van der Waals surface area contributed by atoms with Crippen LogP contribution >= 0.6 is 11.6 Å². The lowest BCUT2D eigenvalue weighted by Crippen LogP contribution is -2.28. The van der Waals surface area contributed by atoms with Gasteiger partial charge in [0.25, 0.3) is 0 Å². The lowest BCUT2D eigenvalue weighted by molar-refractivity contribution is 0.704. The van der Waals surface area contributed by atoms with Crippen molar-refractivity contribution in [1.82, 2.24) is 9.97 Å². The van der Waals surface area contributed by atoms with Crippen molar-refractivity contribution in [2.45, 2.75) is 38.6 Å². The van der Waals surface area contributed by atoms with Crippen LogP contribution in [0.5, 0.6) is 0 Å². The van der Waals surface area contributed by atoms with Gasteiger partial charge < -0.3 is 10.6 Å². The van der Waals surface area contributed by atoms with Crippen LogP contribution in [0.1, 0.15) is 32.6 Å². The molecule has 1 fully saturated rings. The van der Waals surface area contributed by atoms with Crippen molar-refractivity contribution in [2.75, 3.05) is 17.2 Å². The highest BCUT2D eigenvalue weighted by atomic mass is 35.5. The van der Waals surface area contributed by atoms with E-state index in [1.807, 2.05) is 0 Å². The number of nitrogen functional groups attached to an aromatic ring is 1. The molecule has 2 N–H and O–H groups in total. The van der Waals surface area contributed by atoms with Crippen LogP contribution in [-0.2, 0) is 0 Å². The van der Waals surface area contributed by atoms with Crippen molar-refractivity contribution >= 4 is 23.4 Å². The average Bonchev–Trinajstić information content (AvgIpc) is 3.08. The van der Waals surface area contributed by atoms with E-state index in [1.54, 1.807) is 6.20 Å². The number of nitrogens with zero attached hydrogens (tertiary/aromatic N) is 3. The van der Waals surface area contributed by atoms with Crippen LogP contribution in [0.2, 0.25) is 5.02 Å². The maximum atomic E-state index is 6.12. The average molecular weight is 241 g/mol. The van der Waals surface area contributed by atoms with Crippen LogP contribution in [0.3, 0.4) is 0 Å². The highest BCUT2D eigenvalue weighted by molar-refractivity contribution is 6.32. The van der Waals surface area contributed by atoms with Gasteiger partial charge in [0, 0.05) is 12.6 Å².